The summed E-state index contributed by atoms with van der Waals surface area (Å²) in [6.07, 6.45) is 1.26. The number of hydrogen-bond acceptors (Lipinski definition) is 2. The second kappa shape index (κ2) is 7.03. The molecule has 0 amide bonds. The first-order valence-corrected chi connectivity index (χ1v) is 6.91. The standard InChI is InChI=1S/C15H28N2/c1-6-7-8-17-11-14(9-12(2)3)16-10-15(17)13(4)5/h12-16H,8-11H2,1-5H3. The van der Waals surface area contributed by atoms with E-state index in [0.29, 0.717) is 18.0 Å². The maximum Gasteiger partial charge on any atom is 0.0604 e. The van der Waals surface area contributed by atoms with Crippen LogP contribution < -0.4 is 5.32 Å². The molecule has 2 nitrogen and oxygen atoms in total. The zero-order valence-electron chi connectivity index (χ0n) is 12.1. The van der Waals surface area contributed by atoms with Gasteiger partial charge >= 0.3 is 0 Å². The summed E-state index contributed by atoms with van der Waals surface area (Å²) in [6, 6.07) is 1.28. The highest BCUT2D eigenvalue weighted by molar-refractivity contribution is 5.01. The lowest BCUT2D eigenvalue weighted by atomic mass is 9.95. The van der Waals surface area contributed by atoms with Gasteiger partial charge in [0.1, 0.15) is 0 Å². The van der Waals surface area contributed by atoms with Crippen LogP contribution in [0.1, 0.15) is 41.0 Å². The minimum absolute atomic E-state index is 0.638. The van der Waals surface area contributed by atoms with Crippen LogP contribution in [0.3, 0.4) is 0 Å². The third-order valence-corrected chi connectivity index (χ3v) is 3.52. The Balaban J connectivity index is 2.58. The van der Waals surface area contributed by atoms with Gasteiger partial charge in [0.15, 0.2) is 0 Å². The zero-order valence-corrected chi connectivity index (χ0v) is 12.1. The van der Waals surface area contributed by atoms with Crippen LogP contribution in [-0.2, 0) is 0 Å². The Labute approximate surface area is 107 Å². The average Bonchev–Trinajstić information content (AvgIpc) is 2.25. The first-order valence-electron chi connectivity index (χ1n) is 6.91. The fourth-order valence-electron chi connectivity index (χ4n) is 2.65. The van der Waals surface area contributed by atoms with Crippen LogP contribution in [0.2, 0.25) is 0 Å². The van der Waals surface area contributed by atoms with Gasteiger partial charge in [-0.25, -0.2) is 0 Å². The average molecular weight is 236 g/mol. The highest BCUT2D eigenvalue weighted by Gasteiger charge is 2.29. The molecular formula is C15H28N2. The predicted octanol–water partition coefficient (Wildman–Crippen LogP) is 2.35. The van der Waals surface area contributed by atoms with Gasteiger partial charge in [0.25, 0.3) is 0 Å². The Morgan fingerprint density at radius 1 is 1.29 bits per heavy atom. The second-order valence-electron chi connectivity index (χ2n) is 5.90. The third kappa shape index (κ3) is 4.69. The molecule has 1 N–H and O–H groups in total. The van der Waals surface area contributed by atoms with Crippen molar-refractivity contribution in [2.75, 3.05) is 19.6 Å². The summed E-state index contributed by atoms with van der Waals surface area (Å²) in [4.78, 5) is 2.56. The molecule has 1 fully saturated rings. The number of rotatable bonds is 4. The van der Waals surface area contributed by atoms with Gasteiger partial charge in [-0.2, -0.15) is 0 Å². The molecule has 1 heterocycles. The Hall–Kier alpha value is -0.520. The first-order chi connectivity index (χ1) is 8.04. The number of hydrogen-bond donors (Lipinski definition) is 1. The number of nitrogens with zero attached hydrogens (tertiary/aromatic N) is 1. The van der Waals surface area contributed by atoms with E-state index in [1.165, 1.54) is 6.42 Å². The highest BCUT2D eigenvalue weighted by atomic mass is 15.2. The molecule has 0 bridgehead atoms. The molecule has 0 saturated carbocycles. The molecule has 2 unspecified atom stereocenters. The smallest absolute Gasteiger partial charge is 0.0604 e. The van der Waals surface area contributed by atoms with E-state index in [0.717, 1.165) is 25.6 Å². The zero-order chi connectivity index (χ0) is 12.8. The van der Waals surface area contributed by atoms with E-state index in [2.05, 4.69) is 49.8 Å². The van der Waals surface area contributed by atoms with E-state index in [-0.39, 0.29) is 0 Å². The Bertz CT molecular complexity index is 272. The summed E-state index contributed by atoms with van der Waals surface area (Å²) in [5, 5.41) is 3.70. The normalized spacial score (nSPS) is 26.1. The van der Waals surface area contributed by atoms with Crippen LogP contribution in [0, 0.1) is 23.7 Å². The Morgan fingerprint density at radius 2 is 2.00 bits per heavy atom. The Kier molecular flexibility index (Phi) is 6.02. The van der Waals surface area contributed by atoms with Crippen molar-refractivity contribution in [3.05, 3.63) is 0 Å². The molecule has 0 aromatic carbocycles. The summed E-state index contributed by atoms with van der Waals surface area (Å²) in [7, 11) is 0. The topological polar surface area (TPSA) is 15.3 Å². The maximum atomic E-state index is 3.70. The molecular weight excluding hydrogens is 208 g/mol. The van der Waals surface area contributed by atoms with E-state index in [9.17, 15) is 0 Å². The van der Waals surface area contributed by atoms with Crippen molar-refractivity contribution in [2.24, 2.45) is 11.8 Å². The van der Waals surface area contributed by atoms with Gasteiger partial charge < -0.3 is 5.32 Å². The molecule has 0 radical (unpaired) electrons. The molecule has 98 valence electrons. The summed E-state index contributed by atoms with van der Waals surface area (Å²) >= 11 is 0. The summed E-state index contributed by atoms with van der Waals surface area (Å²) in [6.45, 7) is 14.3. The molecule has 0 aromatic heterocycles. The molecule has 2 heteroatoms. The van der Waals surface area contributed by atoms with Crippen molar-refractivity contribution < 1.29 is 0 Å². The fraction of sp³-hybridized carbons (Fsp3) is 0.867. The highest BCUT2D eigenvalue weighted by Crippen LogP contribution is 2.17. The molecule has 2 atom stereocenters. The van der Waals surface area contributed by atoms with Crippen LogP contribution >= 0.6 is 0 Å². The largest absolute Gasteiger partial charge is 0.311 e. The molecule has 1 saturated heterocycles. The minimum Gasteiger partial charge on any atom is -0.311 e. The summed E-state index contributed by atoms with van der Waals surface area (Å²) < 4.78 is 0. The van der Waals surface area contributed by atoms with Gasteiger partial charge in [-0.05, 0) is 25.2 Å². The van der Waals surface area contributed by atoms with Crippen LogP contribution in [0.25, 0.3) is 0 Å². The molecule has 0 aromatic rings. The second-order valence-corrected chi connectivity index (χ2v) is 5.90. The van der Waals surface area contributed by atoms with Gasteiger partial charge in [0.05, 0.1) is 6.54 Å². The van der Waals surface area contributed by atoms with Gasteiger partial charge in [-0.15, -0.1) is 5.92 Å². The summed E-state index contributed by atoms with van der Waals surface area (Å²) in [5.41, 5.74) is 0. The van der Waals surface area contributed by atoms with Crippen LogP contribution in [0.15, 0.2) is 0 Å². The van der Waals surface area contributed by atoms with Gasteiger partial charge in [-0.1, -0.05) is 33.6 Å². The van der Waals surface area contributed by atoms with Crippen molar-refractivity contribution in [2.45, 2.75) is 53.1 Å². The van der Waals surface area contributed by atoms with Crippen molar-refractivity contribution in [1.82, 2.24) is 10.2 Å². The molecule has 0 spiro atoms. The molecule has 1 aliphatic heterocycles. The molecule has 1 rings (SSSR count). The number of piperazine rings is 1. The van der Waals surface area contributed by atoms with Crippen LogP contribution in [0.4, 0.5) is 0 Å². The lowest BCUT2D eigenvalue weighted by Gasteiger charge is -2.42. The van der Waals surface area contributed by atoms with Crippen LogP contribution in [-0.4, -0.2) is 36.6 Å². The minimum atomic E-state index is 0.638. The van der Waals surface area contributed by atoms with Crippen LogP contribution in [0.5, 0.6) is 0 Å². The SMILES string of the molecule is CC#CCN1CC(CC(C)C)NCC1C(C)C. The fourth-order valence-corrected chi connectivity index (χ4v) is 2.65. The maximum absolute atomic E-state index is 3.70. The predicted molar refractivity (Wildman–Crippen MR) is 74.9 cm³/mol. The van der Waals surface area contributed by atoms with Gasteiger partial charge in [-0.3, -0.25) is 4.90 Å². The van der Waals surface area contributed by atoms with Crippen molar-refractivity contribution in [1.29, 1.82) is 0 Å². The van der Waals surface area contributed by atoms with Crippen molar-refractivity contribution in [3.8, 4) is 11.8 Å². The van der Waals surface area contributed by atoms with E-state index in [1.54, 1.807) is 0 Å². The third-order valence-electron chi connectivity index (χ3n) is 3.52. The number of nitrogens with one attached hydrogen (secondary N) is 1. The van der Waals surface area contributed by atoms with Gasteiger partial charge in [0, 0.05) is 25.2 Å². The van der Waals surface area contributed by atoms with Crippen molar-refractivity contribution >= 4 is 0 Å². The lowest BCUT2D eigenvalue weighted by molar-refractivity contribution is 0.106. The van der Waals surface area contributed by atoms with Gasteiger partial charge in [0.2, 0.25) is 0 Å². The summed E-state index contributed by atoms with van der Waals surface area (Å²) in [5.74, 6) is 7.70. The monoisotopic (exact) mass is 236 g/mol. The van der Waals surface area contributed by atoms with E-state index in [1.807, 2.05) is 6.92 Å². The van der Waals surface area contributed by atoms with E-state index < -0.39 is 0 Å². The quantitative estimate of drug-likeness (QED) is 0.754. The lowest BCUT2D eigenvalue weighted by Crippen LogP contribution is -2.58. The van der Waals surface area contributed by atoms with E-state index in [4.69, 9.17) is 0 Å². The first kappa shape index (κ1) is 14.5. The molecule has 0 aliphatic carbocycles. The Morgan fingerprint density at radius 3 is 2.53 bits per heavy atom. The molecule has 1 aliphatic rings. The van der Waals surface area contributed by atoms with Crippen molar-refractivity contribution in [3.63, 3.8) is 0 Å². The molecule has 17 heavy (non-hydrogen) atoms. The van der Waals surface area contributed by atoms with E-state index >= 15 is 0 Å².